The van der Waals surface area contributed by atoms with Gasteiger partial charge >= 0.3 is 5.97 Å². The van der Waals surface area contributed by atoms with Gasteiger partial charge in [-0.15, -0.1) is 0 Å². The first-order valence-corrected chi connectivity index (χ1v) is 10.5. The molecule has 0 amide bonds. The number of halogens is 2. The molecule has 1 heterocycles. The molecule has 0 bridgehead atoms. The summed E-state index contributed by atoms with van der Waals surface area (Å²) < 4.78 is 5.38. The molecule has 3 nitrogen and oxygen atoms in total. The zero-order chi connectivity index (χ0) is 19.7. The third kappa shape index (κ3) is 3.66. The number of carbonyl (C=O) groups is 1. The Bertz CT molecular complexity index is 925. The molecule has 146 valence electrons. The standard InChI is InChI=1S/C23H23Cl2NO2/c1-2-3-11-28-23(27)14-7-10-21-19(12-14)16-5-4-6-17(16)22(26-21)18-9-8-15(24)13-20(18)25/h4-5,7-10,12-13,16-17,22,26H,2-3,6,11H2,1H3. The van der Waals surface area contributed by atoms with Gasteiger partial charge in [0.15, 0.2) is 0 Å². The Morgan fingerprint density at radius 1 is 1.18 bits per heavy atom. The molecule has 0 saturated carbocycles. The van der Waals surface area contributed by atoms with Crippen LogP contribution in [0.5, 0.6) is 0 Å². The third-order valence-corrected chi connectivity index (χ3v) is 6.19. The molecule has 2 aromatic rings. The van der Waals surface area contributed by atoms with E-state index in [0.717, 1.165) is 36.1 Å². The van der Waals surface area contributed by atoms with Gasteiger partial charge in [-0.05, 0) is 60.2 Å². The highest BCUT2D eigenvalue weighted by Gasteiger charge is 2.38. The van der Waals surface area contributed by atoms with Gasteiger partial charge in [0.25, 0.3) is 0 Å². The molecule has 0 aromatic heterocycles. The summed E-state index contributed by atoms with van der Waals surface area (Å²) in [5.41, 5.74) is 3.84. The van der Waals surface area contributed by atoms with E-state index in [2.05, 4.69) is 24.4 Å². The molecule has 0 saturated heterocycles. The number of unbranched alkanes of at least 4 members (excludes halogenated alkanes) is 1. The van der Waals surface area contributed by atoms with Gasteiger partial charge in [-0.3, -0.25) is 0 Å². The van der Waals surface area contributed by atoms with E-state index in [4.69, 9.17) is 27.9 Å². The summed E-state index contributed by atoms with van der Waals surface area (Å²) in [6, 6.07) is 11.6. The van der Waals surface area contributed by atoms with E-state index in [0.29, 0.717) is 28.1 Å². The van der Waals surface area contributed by atoms with Crippen LogP contribution in [0.1, 0.15) is 59.6 Å². The number of hydrogen-bond acceptors (Lipinski definition) is 3. The van der Waals surface area contributed by atoms with Crippen molar-refractivity contribution in [3.63, 3.8) is 0 Å². The van der Waals surface area contributed by atoms with E-state index in [1.807, 2.05) is 30.3 Å². The summed E-state index contributed by atoms with van der Waals surface area (Å²) in [6.07, 6.45) is 7.31. The van der Waals surface area contributed by atoms with E-state index in [1.54, 1.807) is 6.07 Å². The predicted octanol–water partition coefficient (Wildman–Crippen LogP) is 6.78. The van der Waals surface area contributed by atoms with Crippen LogP contribution in [-0.4, -0.2) is 12.6 Å². The second kappa shape index (κ2) is 8.18. The zero-order valence-corrected chi connectivity index (χ0v) is 17.3. The number of benzene rings is 2. The molecule has 3 atom stereocenters. The minimum absolute atomic E-state index is 0.0969. The van der Waals surface area contributed by atoms with Gasteiger partial charge in [0.2, 0.25) is 0 Å². The summed E-state index contributed by atoms with van der Waals surface area (Å²) in [5, 5.41) is 4.96. The topological polar surface area (TPSA) is 38.3 Å². The summed E-state index contributed by atoms with van der Waals surface area (Å²) in [5.74, 6) is 0.339. The van der Waals surface area contributed by atoms with Crippen molar-refractivity contribution in [2.75, 3.05) is 11.9 Å². The zero-order valence-electron chi connectivity index (χ0n) is 15.8. The van der Waals surface area contributed by atoms with Crippen LogP contribution in [0.15, 0.2) is 48.6 Å². The smallest absolute Gasteiger partial charge is 0.338 e. The number of rotatable bonds is 5. The summed E-state index contributed by atoms with van der Waals surface area (Å²) >= 11 is 12.6. The minimum atomic E-state index is -0.252. The van der Waals surface area contributed by atoms with Crippen molar-refractivity contribution in [3.8, 4) is 0 Å². The quantitative estimate of drug-likeness (QED) is 0.332. The SMILES string of the molecule is CCCCOC(=O)c1ccc2c(c1)C1C=CCC1C(c1ccc(Cl)cc1Cl)N2. The number of hydrogen-bond donors (Lipinski definition) is 1. The second-order valence-electron chi connectivity index (χ2n) is 7.43. The van der Waals surface area contributed by atoms with Crippen LogP contribution < -0.4 is 5.32 Å². The van der Waals surface area contributed by atoms with Crippen LogP contribution in [0.2, 0.25) is 10.0 Å². The van der Waals surface area contributed by atoms with Crippen molar-refractivity contribution in [3.05, 3.63) is 75.3 Å². The minimum Gasteiger partial charge on any atom is -0.462 e. The molecule has 0 spiro atoms. The van der Waals surface area contributed by atoms with Gasteiger partial charge in [-0.2, -0.15) is 0 Å². The average Bonchev–Trinajstić information content (AvgIpc) is 3.17. The van der Waals surface area contributed by atoms with Crippen molar-refractivity contribution in [1.29, 1.82) is 0 Å². The Kier molecular flexibility index (Phi) is 5.65. The van der Waals surface area contributed by atoms with Crippen molar-refractivity contribution in [1.82, 2.24) is 0 Å². The normalized spacial score (nSPS) is 22.3. The maximum absolute atomic E-state index is 12.4. The Morgan fingerprint density at radius 3 is 2.82 bits per heavy atom. The molecule has 28 heavy (non-hydrogen) atoms. The highest BCUT2D eigenvalue weighted by atomic mass is 35.5. The number of esters is 1. The molecule has 4 rings (SSSR count). The highest BCUT2D eigenvalue weighted by Crippen LogP contribution is 2.51. The van der Waals surface area contributed by atoms with Crippen LogP contribution in [-0.2, 0) is 4.74 Å². The first-order valence-electron chi connectivity index (χ1n) is 9.77. The average molecular weight is 416 g/mol. The first kappa shape index (κ1) is 19.4. The molecule has 1 aliphatic heterocycles. The number of ether oxygens (including phenoxy) is 1. The summed E-state index contributed by atoms with van der Waals surface area (Å²) in [4.78, 5) is 12.4. The van der Waals surface area contributed by atoms with Crippen LogP contribution >= 0.6 is 23.2 Å². The van der Waals surface area contributed by atoms with Crippen LogP contribution in [0.3, 0.4) is 0 Å². The number of carbonyl (C=O) groups excluding carboxylic acids is 1. The van der Waals surface area contributed by atoms with Crippen molar-refractivity contribution >= 4 is 34.9 Å². The lowest BCUT2D eigenvalue weighted by atomic mass is 9.76. The summed E-state index contributed by atoms with van der Waals surface area (Å²) in [6.45, 7) is 2.54. The maximum Gasteiger partial charge on any atom is 0.338 e. The number of nitrogens with one attached hydrogen (secondary N) is 1. The molecular weight excluding hydrogens is 393 g/mol. The lowest BCUT2D eigenvalue weighted by Crippen LogP contribution is -2.29. The molecule has 0 fully saturated rings. The second-order valence-corrected chi connectivity index (χ2v) is 8.28. The molecular formula is C23H23Cl2NO2. The van der Waals surface area contributed by atoms with E-state index >= 15 is 0 Å². The van der Waals surface area contributed by atoms with E-state index < -0.39 is 0 Å². The van der Waals surface area contributed by atoms with E-state index in [9.17, 15) is 4.79 Å². The molecule has 2 aliphatic rings. The van der Waals surface area contributed by atoms with Gasteiger partial charge in [-0.25, -0.2) is 4.79 Å². The van der Waals surface area contributed by atoms with Crippen LogP contribution in [0.25, 0.3) is 0 Å². The van der Waals surface area contributed by atoms with E-state index in [1.165, 1.54) is 0 Å². The fraction of sp³-hybridized carbons (Fsp3) is 0.348. The molecule has 5 heteroatoms. The van der Waals surface area contributed by atoms with Crippen molar-refractivity contribution in [2.45, 2.75) is 38.1 Å². The van der Waals surface area contributed by atoms with Gasteiger partial charge < -0.3 is 10.1 Å². The first-order chi connectivity index (χ1) is 13.6. The predicted molar refractivity (Wildman–Crippen MR) is 114 cm³/mol. The Balaban J connectivity index is 1.64. The number of allylic oxidation sites excluding steroid dienone is 2. The van der Waals surface area contributed by atoms with Gasteiger partial charge in [0.1, 0.15) is 0 Å². The molecule has 3 unspecified atom stereocenters. The Morgan fingerprint density at radius 2 is 2.04 bits per heavy atom. The van der Waals surface area contributed by atoms with Crippen molar-refractivity contribution in [2.24, 2.45) is 5.92 Å². The highest BCUT2D eigenvalue weighted by molar-refractivity contribution is 6.35. The summed E-state index contributed by atoms with van der Waals surface area (Å²) in [7, 11) is 0. The molecule has 2 aromatic carbocycles. The number of anilines is 1. The maximum atomic E-state index is 12.4. The van der Waals surface area contributed by atoms with Crippen molar-refractivity contribution < 1.29 is 9.53 Å². The fourth-order valence-corrected chi connectivity index (χ4v) is 4.70. The largest absolute Gasteiger partial charge is 0.462 e. The lowest BCUT2D eigenvalue weighted by molar-refractivity contribution is 0.0499. The van der Waals surface area contributed by atoms with Gasteiger partial charge in [0, 0.05) is 21.7 Å². The van der Waals surface area contributed by atoms with Gasteiger partial charge in [0.05, 0.1) is 18.2 Å². The van der Waals surface area contributed by atoms with Crippen LogP contribution in [0.4, 0.5) is 5.69 Å². The fourth-order valence-electron chi connectivity index (χ4n) is 4.18. The van der Waals surface area contributed by atoms with Crippen LogP contribution in [0, 0.1) is 5.92 Å². The third-order valence-electron chi connectivity index (χ3n) is 5.63. The monoisotopic (exact) mass is 415 g/mol. The van der Waals surface area contributed by atoms with Gasteiger partial charge in [-0.1, -0.05) is 54.8 Å². The molecule has 0 radical (unpaired) electrons. The molecule has 1 aliphatic carbocycles. The Labute approximate surface area is 175 Å². The molecule has 1 N–H and O–H groups in total. The van der Waals surface area contributed by atoms with E-state index in [-0.39, 0.29) is 17.9 Å². The Hall–Kier alpha value is -1.97. The number of fused-ring (bicyclic) bond motifs is 3. The lowest BCUT2D eigenvalue weighted by Gasteiger charge is -2.38.